The maximum Gasteiger partial charge on any atom is 0.263 e. The van der Waals surface area contributed by atoms with Gasteiger partial charge in [0.2, 0.25) is 5.95 Å². The van der Waals surface area contributed by atoms with Gasteiger partial charge in [0.15, 0.2) is 0 Å². The third-order valence-corrected chi connectivity index (χ3v) is 6.58. The monoisotopic (exact) mass is 414 g/mol. The Hall–Kier alpha value is -2.71. The molecule has 5 rings (SSSR count). The van der Waals surface area contributed by atoms with Crippen LogP contribution in [0.2, 0.25) is 0 Å². The number of hydrogen-bond donors (Lipinski definition) is 0. The minimum absolute atomic E-state index is 0.0801. The topological polar surface area (TPSA) is 76.3 Å². The summed E-state index contributed by atoms with van der Waals surface area (Å²) in [5, 5.41) is 4.36. The Bertz CT molecular complexity index is 1030. The van der Waals surface area contributed by atoms with E-state index in [9.17, 15) is 14.0 Å². The molecule has 3 aliphatic rings. The normalized spacial score (nSPS) is 25.7. The fraction of sp³-hybridized carbons (Fsp3) is 0.619. The van der Waals surface area contributed by atoms with E-state index in [1.807, 2.05) is 10.7 Å². The van der Waals surface area contributed by atoms with Crippen molar-refractivity contribution in [1.29, 1.82) is 0 Å². The largest absolute Gasteiger partial charge is 0.340 e. The minimum atomic E-state index is -0.993. The summed E-state index contributed by atoms with van der Waals surface area (Å²) >= 11 is 0. The zero-order valence-electron chi connectivity index (χ0n) is 17.4. The zero-order chi connectivity index (χ0) is 21.0. The Labute approximate surface area is 174 Å². The van der Waals surface area contributed by atoms with E-state index in [1.165, 1.54) is 4.90 Å². The van der Waals surface area contributed by atoms with Crippen LogP contribution in [0.25, 0.3) is 0 Å². The molecule has 9 heteroatoms. The molecule has 2 fully saturated rings. The second kappa shape index (κ2) is 7.21. The molecule has 2 aromatic rings. The number of fused-ring (bicyclic) bond motifs is 4. The molecule has 160 valence electrons. The van der Waals surface area contributed by atoms with Crippen LogP contribution in [0.15, 0.2) is 23.3 Å². The molecule has 0 aromatic carbocycles. The molecule has 0 radical (unpaired) electrons. The molecular formula is C21H27FN6O2. The Morgan fingerprint density at radius 1 is 1.20 bits per heavy atom. The van der Waals surface area contributed by atoms with Crippen LogP contribution < -0.4 is 10.5 Å². The van der Waals surface area contributed by atoms with Gasteiger partial charge in [0, 0.05) is 37.8 Å². The van der Waals surface area contributed by atoms with Crippen LogP contribution in [0, 0.1) is 5.92 Å². The van der Waals surface area contributed by atoms with Crippen LogP contribution >= 0.6 is 0 Å². The van der Waals surface area contributed by atoms with Crippen LogP contribution in [-0.2, 0) is 6.54 Å². The van der Waals surface area contributed by atoms with Crippen molar-refractivity contribution in [2.24, 2.45) is 5.92 Å². The molecule has 1 amide bonds. The predicted molar refractivity (Wildman–Crippen MR) is 110 cm³/mol. The van der Waals surface area contributed by atoms with Gasteiger partial charge in [-0.2, -0.15) is 10.1 Å². The number of anilines is 1. The SMILES string of the molecule is CC(C)n1ncnc1N1C[C@@H]2C[C@H](C1)c1ccc(C(=O)N3CC[C@@H](F)C3)c(=O)n1C2. The first-order chi connectivity index (χ1) is 14.4. The van der Waals surface area contributed by atoms with Gasteiger partial charge in [0.25, 0.3) is 11.5 Å². The van der Waals surface area contributed by atoms with Gasteiger partial charge in [0.05, 0.1) is 12.6 Å². The third kappa shape index (κ3) is 3.11. The number of halogens is 1. The summed E-state index contributed by atoms with van der Waals surface area (Å²) in [6.07, 6.45) is 1.97. The maximum absolute atomic E-state index is 13.5. The molecule has 30 heavy (non-hydrogen) atoms. The predicted octanol–water partition coefficient (Wildman–Crippen LogP) is 1.83. The highest BCUT2D eigenvalue weighted by molar-refractivity contribution is 5.94. The van der Waals surface area contributed by atoms with E-state index in [1.54, 1.807) is 17.0 Å². The quantitative estimate of drug-likeness (QED) is 0.766. The van der Waals surface area contributed by atoms with Crippen molar-refractivity contribution in [2.45, 2.75) is 51.4 Å². The first-order valence-electron chi connectivity index (χ1n) is 10.7. The highest BCUT2D eigenvalue weighted by atomic mass is 19.1. The van der Waals surface area contributed by atoms with Crippen molar-refractivity contribution in [2.75, 3.05) is 31.1 Å². The maximum atomic E-state index is 13.5. The molecule has 2 aromatic heterocycles. The summed E-state index contributed by atoms with van der Waals surface area (Å²) < 4.78 is 17.2. The van der Waals surface area contributed by atoms with Gasteiger partial charge in [-0.15, -0.1) is 0 Å². The lowest BCUT2D eigenvalue weighted by molar-refractivity contribution is 0.0779. The van der Waals surface area contributed by atoms with Crippen molar-refractivity contribution in [1.82, 2.24) is 24.2 Å². The minimum Gasteiger partial charge on any atom is -0.340 e. The molecule has 0 aliphatic carbocycles. The first kappa shape index (κ1) is 19.3. The Kier molecular flexibility index (Phi) is 4.63. The van der Waals surface area contributed by atoms with Gasteiger partial charge >= 0.3 is 0 Å². The van der Waals surface area contributed by atoms with E-state index in [0.717, 1.165) is 31.2 Å². The Morgan fingerprint density at radius 3 is 2.77 bits per heavy atom. The summed E-state index contributed by atoms with van der Waals surface area (Å²) in [4.78, 5) is 34.1. The molecule has 0 unspecified atom stereocenters. The summed E-state index contributed by atoms with van der Waals surface area (Å²) in [6.45, 7) is 6.79. The second-order valence-electron chi connectivity index (χ2n) is 9.03. The molecule has 5 heterocycles. The molecular weight excluding hydrogens is 387 g/mol. The van der Waals surface area contributed by atoms with Gasteiger partial charge < -0.3 is 14.4 Å². The van der Waals surface area contributed by atoms with Gasteiger partial charge in [0.1, 0.15) is 18.1 Å². The van der Waals surface area contributed by atoms with E-state index in [-0.39, 0.29) is 35.5 Å². The molecule has 0 saturated carbocycles. The van der Waals surface area contributed by atoms with Gasteiger partial charge in [-0.1, -0.05) is 0 Å². The number of piperidine rings is 1. The van der Waals surface area contributed by atoms with Gasteiger partial charge in [-0.25, -0.2) is 9.07 Å². The van der Waals surface area contributed by atoms with Gasteiger partial charge in [-0.3, -0.25) is 9.59 Å². The van der Waals surface area contributed by atoms with Crippen molar-refractivity contribution in [3.05, 3.63) is 40.1 Å². The highest BCUT2D eigenvalue weighted by Gasteiger charge is 2.37. The number of amides is 1. The molecule has 8 nitrogen and oxygen atoms in total. The summed E-state index contributed by atoms with van der Waals surface area (Å²) in [7, 11) is 0. The summed E-state index contributed by atoms with van der Waals surface area (Å²) in [5.74, 6) is 1.03. The molecule has 3 atom stereocenters. The number of nitrogens with zero attached hydrogens (tertiary/aromatic N) is 6. The van der Waals surface area contributed by atoms with E-state index in [4.69, 9.17) is 0 Å². The van der Waals surface area contributed by atoms with E-state index < -0.39 is 6.17 Å². The first-order valence-corrected chi connectivity index (χ1v) is 10.7. The highest BCUT2D eigenvalue weighted by Crippen LogP contribution is 2.37. The van der Waals surface area contributed by atoms with Crippen LogP contribution in [0.4, 0.5) is 10.3 Å². The van der Waals surface area contributed by atoms with E-state index in [0.29, 0.717) is 25.4 Å². The number of pyridine rings is 1. The number of rotatable bonds is 3. The summed E-state index contributed by atoms with van der Waals surface area (Å²) in [5.41, 5.74) is 0.885. The number of carbonyl (C=O) groups is 1. The fourth-order valence-corrected chi connectivity index (χ4v) is 5.18. The smallest absolute Gasteiger partial charge is 0.263 e. The van der Waals surface area contributed by atoms with Crippen molar-refractivity contribution in [3.63, 3.8) is 0 Å². The standard InChI is InChI=1S/C21H27FN6O2/c1-13(2)28-21(23-12-24-28)26-8-14-7-15(10-26)18-4-3-17(20(30)27(18)9-14)19(29)25-6-5-16(22)11-25/h3-4,12-16H,5-11H2,1-2H3/t14-,15+,16+/m0/s1. The lowest BCUT2D eigenvalue weighted by atomic mass is 9.83. The van der Waals surface area contributed by atoms with Crippen molar-refractivity contribution in [3.8, 4) is 0 Å². The third-order valence-electron chi connectivity index (χ3n) is 6.58. The zero-order valence-corrected chi connectivity index (χ0v) is 17.4. The number of aromatic nitrogens is 4. The molecule has 2 bridgehead atoms. The lowest BCUT2D eigenvalue weighted by Gasteiger charge is -2.43. The lowest BCUT2D eigenvalue weighted by Crippen LogP contribution is -2.49. The van der Waals surface area contributed by atoms with Crippen molar-refractivity contribution < 1.29 is 9.18 Å². The molecule has 0 spiro atoms. The summed E-state index contributed by atoms with van der Waals surface area (Å²) in [6, 6.07) is 3.77. The number of carbonyl (C=O) groups excluding carboxylic acids is 1. The van der Waals surface area contributed by atoms with Crippen LogP contribution in [0.5, 0.6) is 0 Å². The van der Waals surface area contributed by atoms with Crippen LogP contribution in [0.3, 0.4) is 0 Å². The van der Waals surface area contributed by atoms with E-state index >= 15 is 0 Å². The van der Waals surface area contributed by atoms with E-state index in [2.05, 4.69) is 28.8 Å². The second-order valence-corrected chi connectivity index (χ2v) is 9.03. The van der Waals surface area contributed by atoms with Crippen LogP contribution in [-0.4, -0.2) is 62.5 Å². The molecule has 2 saturated heterocycles. The molecule has 0 N–H and O–H groups in total. The Balaban J connectivity index is 1.43. The number of hydrogen-bond acceptors (Lipinski definition) is 5. The average Bonchev–Trinajstić information content (AvgIpc) is 3.37. The average molecular weight is 414 g/mol. The molecule has 3 aliphatic heterocycles. The Morgan fingerprint density at radius 2 is 2.03 bits per heavy atom. The number of alkyl halides is 1. The number of likely N-dealkylation sites (tertiary alicyclic amines) is 1. The van der Waals surface area contributed by atoms with Crippen molar-refractivity contribution >= 4 is 11.9 Å². The van der Waals surface area contributed by atoms with Gasteiger partial charge in [-0.05, 0) is 44.7 Å². The fourth-order valence-electron chi connectivity index (χ4n) is 5.18. The van der Waals surface area contributed by atoms with Crippen LogP contribution in [0.1, 0.15) is 54.7 Å².